The molecule has 2 aromatic rings. The summed E-state index contributed by atoms with van der Waals surface area (Å²) in [4.78, 5) is 24.3. The molecule has 1 amide bonds. The molecule has 1 aromatic carbocycles. The van der Waals surface area contributed by atoms with Gasteiger partial charge in [0, 0.05) is 23.6 Å². The van der Waals surface area contributed by atoms with Gasteiger partial charge in [0.15, 0.2) is 6.10 Å². The van der Waals surface area contributed by atoms with Gasteiger partial charge in [0.05, 0.1) is 5.56 Å². The number of amides is 1. The fourth-order valence-corrected chi connectivity index (χ4v) is 2.61. The molecule has 128 valence electrons. The average molecular weight is 328 g/mol. The van der Waals surface area contributed by atoms with Crippen LogP contribution >= 0.6 is 0 Å². The Morgan fingerprint density at radius 2 is 1.88 bits per heavy atom. The molecule has 1 N–H and O–H groups in total. The van der Waals surface area contributed by atoms with Crippen molar-refractivity contribution in [2.45, 2.75) is 40.2 Å². The number of ether oxygens (including phenoxy) is 1. The summed E-state index contributed by atoms with van der Waals surface area (Å²) in [6, 6.07) is 11.6. The molecule has 0 radical (unpaired) electrons. The maximum absolute atomic E-state index is 12.4. The molecule has 5 heteroatoms. The van der Waals surface area contributed by atoms with Crippen molar-refractivity contribution in [3.05, 3.63) is 53.3 Å². The lowest BCUT2D eigenvalue weighted by molar-refractivity contribution is -0.129. The number of aryl methyl sites for hydroxylation is 1. The van der Waals surface area contributed by atoms with Gasteiger partial charge >= 0.3 is 5.97 Å². The van der Waals surface area contributed by atoms with Gasteiger partial charge in [0.2, 0.25) is 0 Å². The van der Waals surface area contributed by atoms with E-state index in [-0.39, 0.29) is 5.91 Å². The third-order valence-corrected chi connectivity index (χ3v) is 3.87. The summed E-state index contributed by atoms with van der Waals surface area (Å²) in [7, 11) is 0. The van der Waals surface area contributed by atoms with Crippen molar-refractivity contribution in [2.24, 2.45) is 0 Å². The van der Waals surface area contributed by atoms with E-state index in [0.29, 0.717) is 12.1 Å². The van der Waals surface area contributed by atoms with E-state index in [1.54, 1.807) is 13.0 Å². The second kappa shape index (κ2) is 7.81. The van der Waals surface area contributed by atoms with E-state index in [2.05, 4.69) is 5.32 Å². The highest BCUT2D eigenvalue weighted by atomic mass is 16.5. The van der Waals surface area contributed by atoms with E-state index in [0.717, 1.165) is 23.5 Å². The summed E-state index contributed by atoms with van der Waals surface area (Å²) >= 11 is 0. The van der Waals surface area contributed by atoms with Crippen molar-refractivity contribution in [1.29, 1.82) is 0 Å². The minimum Gasteiger partial charge on any atom is -0.449 e. The molecule has 0 aliphatic heterocycles. The van der Waals surface area contributed by atoms with Crippen molar-refractivity contribution in [3.8, 4) is 5.69 Å². The molecule has 1 unspecified atom stereocenters. The molecule has 0 aliphatic carbocycles. The van der Waals surface area contributed by atoms with Crippen LogP contribution in [-0.4, -0.2) is 29.1 Å². The molecule has 5 nitrogen and oxygen atoms in total. The number of nitrogens with zero attached hydrogens (tertiary/aromatic N) is 1. The topological polar surface area (TPSA) is 60.3 Å². The summed E-state index contributed by atoms with van der Waals surface area (Å²) in [5.74, 6) is -0.758. The van der Waals surface area contributed by atoms with Crippen LogP contribution in [0.25, 0.3) is 5.69 Å². The van der Waals surface area contributed by atoms with E-state index in [4.69, 9.17) is 4.74 Å². The van der Waals surface area contributed by atoms with Gasteiger partial charge in [-0.2, -0.15) is 0 Å². The highest BCUT2D eigenvalue weighted by Gasteiger charge is 2.22. The van der Waals surface area contributed by atoms with Crippen LogP contribution in [0.4, 0.5) is 0 Å². The molecule has 0 fully saturated rings. The molecule has 0 saturated carbocycles. The lowest BCUT2D eigenvalue weighted by atomic mass is 10.2. The molecular formula is C19H24N2O3. The SMILES string of the molecule is CCCNC(=O)C(C)OC(=O)c1cc(C)n(-c2ccccc2)c1C. The van der Waals surface area contributed by atoms with Crippen LogP contribution < -0.4 is 5.32 Å². The highest BCUT2D eigenvalue weighted by Crippen LogP contribution is 2.21. The van der Waals surface area contributed by atoms with Crippen LogP contribution in [0.3, 0.4) is 0 Å². The Kier molecular flexibility index (Phi) is 5.79. The number of esters is 1. The zero-order valence-electron chi connectivity index (χ0n) is 14.6. The standard InChI is InChI=1S/C19H24N2O3/c1-5-11-20-18(22)15(4)24-19(23)17-12-13(2)21(14(17)3)16-9-7-6-8-10-16/h6-10,12,15H,5,11H2,1-4H3,(H,20,22). The monoisotopic (exact) mass is 328 g/mol. The third kappa shape index (κ3) is 3.85. The van der Waals surface area contributed by atoms with Crippen molar-refractivity contribution in [3.63, 3.8) is 0 Å². The normalized spacial score (nSPS) is 11.8. The van der Waals surface area contributed by atoms with Gasteiger partial charge < -0.3 is 14.6 Å². The maximum Gasteiger partial charge on any atom is 0.340 e. The molecule has 1 heterocycles. The molecule has 1 aromatic heterocycles. The quantitative estimate of drug-likeness (QED) is 0.829. The molecular weight excluding hydrogens is 304 g/mol. The summed E-state index contributed by atoms with van der Waals surface area (Å²) < 4.78 is 7.31. The van der Waals surface area contributed by atoms with Crippen LogP contribution in [0.2, 0.25) is 0 Å². The Balaban J connectivity index is 2.18. The molecule has 24 heavy (non-hydrogen) atoms. The number of carbonyl (C=O) groups is 2. The lowest BCUT2D eigenvalue weighted by Gasteiger charge is -2.13. The number of rotatable bonds is 6. The zero-order valence-corrected chi connectivity index (χ0v) is 14.6. The molecule has 0 aliphatic rings. The van der Waals surface area contributed by atoms with Crippen molar-refractivity contribution < 1.29 is 14.3 Å². The van der Waals surface area contributed by atoms with Gasteiger partial charge in [-0.1, -0.05) is 25.1 Å². The Bertz CT molecular complexity index is 720. The number of para-hydroxylation sites is 1. The number of nitrogens with one attached hydrogen (secondary N) is 1. The van der Waals surface area contributed by atoms with Crippen molar-refractivity contribution in [1.82, 2.24) is 9.88 Å². The second-order valence-electron chi connectivity index (χ2n) is 5.79. The number of aromatic nitrogens is 1. The first-order valence-corrected chi connectivity index (χ1v) is 8.18. The fraction of sp³-hybridized carbons (Fsp3) is 0.368. The van der Waals surface area contributed by atoms with Gasteiger partial charge in [-0.25, -0.2) is 4.79 Å². The highest BCUT2D eigenvalue weighted by molar-refractivity contribution is 5.93. The fourth-order valence-electron chi connectivity index (χ4n) is 2.61. The Morgan fingerprint density at radius 1 is 1.21 bits per heavy atom. The first kappa shape index (κ1) is 17.8. The largest absolute Gasteiger partial charge is 0.449 e. The van der Waals surface area contributed by atoms with Crippen molar-refractivity contribution in [2.75, 3.05) is 6.54 Å². The van der Waals surface area contributed by atoms with Gasteiger partial charge in [0.1, 0.15) is 0 Å². The van der Waals surface area contributed by atoms with E-state index >= 15 is 0 Å². The van der Waals surface area contributed by atoms with E-state index in [9.17, 15) is 9.59 Å². The van der Waals surface area contributed by atoms with Crippen LogP contribution in [0.5, 0.6) is 0 Å². The summed E-state index contributed by atoms with van der Waals surface area (Å²) in [5, 5.41) is 2.72. The Morgan fingerprint density at radius 3 is 2.50 bits per heavy atom. The van der Waals surface area contributed by atoms with Crippen LogP contribution in [0.1, 0.15) is 42.0 Å². The smallest absolute Gasteiger partial charge is 0.340 e. The molecule has 0 saturated heterocycles. The molecule has 2 rings (SSSR count). The minimum atomic E-state index is -0.816. The van der Waals surface area contributed by atoms with Gasteiger partial charge in [0.25, 0.3) is 5.91 Å². The predicted octanol–water partition coefficient (Wildman–Crippen LogP) is 3.17. The summed E-state index contributed by atoms with van der Waals surface area (Å²) in [6.07, 6.45) is 0.0220. The first-order chi connectivity index (χ1) is 11.5. The maximum atomic E-state index is 12.4. The van der Waals surface area contributed by atoms with E-state index in [1.165, 1.54) is 0 Å². The number of carbonyl (C=O) groups excluding carboxylic acids is 2. The van der Waals surface area contributed by atoms with Gasteiger partial charge in [-0.05, 0) is 45.4 Å². The lowest BCUT2D eigenvalue weighted by Crippen LogP contribution is -2.36. The molecule has 0 spiro atoms. The Hall–Kier alpha value is -2.56. The second-order valence-corrected chi connectivity index (χ2v) is 5.79. The summed E-state index contributed by atoms with van der Waals surface area (Å²) in [6.45, 7) is 7.94. The first-order valence-electron chi connectivity index (χ1n) is 8.18. The number of benzene rings is 1. The zero-order chi connectivity index (χ0) is 17.7. The Labute approximate surface area is 142 Å². The number of hydrogen-bond acceptors (Lipinski definition) is 3. The van der Waals surface area contributed by atoms with Crippen LogP contribution in [0.15, 0.2) is 36.4 Å². The van der Waals surface area contributed by atoms with Crippen LogP contribution in [0, 0.1) is 13.8 Å². The van der Waals surface area contributed by atoms with E-state index < -0.39 is 12.1 Å². The molecule has 1 atom stereocenters. The van der Waals surface area contributed by atoms with E-state index in [1.807, 2.05) is 55.7 Å². The predicted molar refractivity (Wildman–Crippen MR) is 93.4 cm³/mol. The number of hydrogen-bond donors (Lipinski definition) is 1. The van der Waals surface area contributed by atoms with Crippen molar-refractivity contribution >= 4 is 11.9 Å². The molecule has 0 bridgehead atoms. The van der Waals surface area contributed by atoms with Gasteiger partial charge in [-0.15, -0.1) is 0 Å². The average Bonchev–Trinajstić information content (AvgIpc) is 2.87. The third-order valence-electron chi connectivity index (χ3n) is 3.87. The minimum absolute atomic E-state index is 0.276. The van der Waals surface area contributed by atoms with Gasteiger partial charge in [-0.3, -0.25) is 4.79 Å². The summed E-state index contributed by atoms with van der Waals surface area (Å²) in [5.41, 5.74) is 3.20. The van der Waals surface area contributed by atoms with Crippen LogP contribution in [-0.2, 0) is 9.53 Å².